The summed E-state index contributed by atoms with van der Waals surface area (Å²) in [6.45, 7) is 15.2. The Balaban J connectivity index is 1.43. The number of fused-ring (bicyclic) bond motifs is 1. The summed E-state index contributed by atoms with van der Waals surface area (Å²) in [6.07, 6.45) is -2.02. The van der Waals surface area contributed by atoms with Gasteiger partial charge in [-0.3, -0.25) is 9.59 Å². The summed E-state index contributed by atoms with van der Waals surface area (Å²) in [7, 11) is 5.35. The molecule has 4 heterocycles. The largest absolute Gasteiger partial charge is 0.458 e. The molecule has 1 amide bonds. The average Bonchev–Trinajstić information content (AvgIpc) is 3.78. The molecular formula is C44H69N5O9. The van der Waals surface area contributed by atoms with Gasteiger partial charge in [0, 0.05) is 43.0 Å². The van der Waals surface area contributed by atoms with E-state index in [4.69, 9.17) is 29.4 Å². The van der Waals surface area contributed by atoms with E-state index in [1.807, 2.05) is 71.8 Å². The number of methoxy groups -OCH3 is 1. The van der Waals surface area contributed by atoms with Crippen molar-refractivity contribution in [3.63, 3.8) is 0 Å². The summed E-state index contributed by atoms with van der Waals surface area (Å²) in [5.74, 6) is -3.84. The van der Waals surface area contributed by atoms with Gasteiger partial charge in [-0.25, -0.2) is 15.2 Å². The number of aryl methyl sites for hydroxylation is 1. The number of nitrogens with two attached hydrogens (primary N) is 1. The van der Waals surface area contributed by atoms with Crippen LogP contribution in [0.25, 0.3) is 11.3 Å². The smallest absolute Gasteiger partial charge is 0.425 e. The van der Waals surface area contributed by atoms with Crippen molar-refractivity contribution >= 4 is 17.8 Å². The number of nitrogens with one attached hydrogen (secondary N) is 2. The molecule has 14 nitrogen and oxygen atoms in total. The molecule has 5 rings (SSSR count). The van der Waals surface area contributed by atoms with Crippen LogP contribution < -0.4 is 11.2 Å². The summed E-state index contributed by atoms with van der Waals surface area (Å²) in [6, 6.07) is 12.8. The number of esters is 1. The van der Waals surface area contributed by atoms with E-state index in [0.29, 0.717) is 32.2 Å². The van der Waals surface area contributed by atoms with Crippen molar-refractivity contribution in [3.8, 4) is 11.3 Å². The molecule has 1 aromatic heterocycles. The van der Waals surface area contributed by atoms with Gasteiger partial charge in [0.25, 0.3) is 0 Å². The van der Waals surface area contributed by atoms with E-state index in [1.165, 1.54) is 11.9 Å². The summed E-state index contributed by atoms with van der Waals surface area (Å²) in [5, 5.41) is 13.0. The van der Waals surface area contributed by atoms with Crippen LogP contribution in [0.4, 0.5) is 4.79 Å². The maximum absolute atomic E-state index is 14.3. The first kappa shape index (κ1) is 45.7. The Bertz CT molecular complexity index is 1690. The van der Waals surface area contributed by atoms with Gasteiger partial charge in [0.2, 0.25) is 0 Å². The number of ether oxygens (including phenoxy) is 5. The van der Waals surface area contributed by atoms with Crippen LogP contribution >= 0.6 is 0 Å². The summed E-state index contributed by atoms with van der Waals surface area (Å²) in [4.78, 5) is 47.7. The molecule has 3 aliphatic rings. The molecule has 14 atom stereocenters. The van der Waals surface area contributed by atoms with Crippen LogP contribution in [0, 0.1) is 23.7 Å². The lowest BCUT2D eigenvalue weighted by atomic mass is 9.72. The van der Waals surface area contributed by atoms with Crippen LogP contribution in [0.2, 0.25) is 0 Å². The molecule has 0 aliphatic carbocycles. The molecule has 0 radical (unpaired) electrons. The summed E-state index contributed by atoms with van der Waals surface area (Å²) >= 11 is 0. The lowest BCUT2D eigenvalue weighted by Crippen LogP contribution is -2.63. The molecule has 3 aliphatic heterocycles. The number of aliphatic hydroxyl groups is 1. The van der Waals surface area contributed by atoms with E-state index in [2.05, 4.69) is 34.7 Å². The minimum atomic E-state index is -1.31. The number of hydrogen-bond acceptors (Lipinski definition) is 12. The van der Waals surface area contributed by atoms with Gasteiger partial charge in [-0.15, -0.1) is 0 Å². The summed E-state index contributed by atoms with van der Waals surface area (Å²) < 4.78 is 31.5. The Kier molecular flexibility index (Phi) is 14.9. The number of hydrazine groups is 1. The minimum Gasteiger partial charge on any atom is -0.458 e. The second-order valence-corrected chi connectivity index (χ2v) is 17.7. The minimum absolute atomic E-state index is 0.227. The van der Waals surface area contributed by atoms with Crippen LogP contribution in [0.3, 0.4) is 0 Å². The number of aliphatic hydroxyl groups excluding tert-OH is 1. The highest BCUT2D eigenvalue weighted by Gasteiger charge is 2.60. The lowest BCUT2D eigenvalue weighted by molar-refractivity contribution is -0.295. The van der Waals surface area contributed by atoms with E-state index in [-0.39, 0.29) is 24.0 Å². The first-order valence-electron chi connectivity index (χ1n) is 21.1. The first-order chi connectivity index (χ1) is 27.4. The number of nitrogens with zero attached hydrogens (tertiary/aromatic N) is 2. The predicted octanol–water partition coefficient (Wildman–Crippen LogP) is 5.08. The monoisotopic (exact) mass is 812 g/mol. The van der Waals surface area contributed by atoms with Crippen molar-refractivity contribution < 1.29 is 43.2 Å². The normalized spacial score (nSPS) is 38.0. The second kappa shape index (κ2) is 18.9. The number of rotatable bonds is 11. The molecule has 5 N–H and O–H groups in total. The van der Waals surface area contributed by atoms with Crippen molar-refractivity contribution in [2.75, 3.05) is 27.7 Å². The summed E-state index contributed by atoms with van der Waals surface area (Å²) in [5.41, 5.74) is 11.3. The van der Waals surface area contributed by atoms with Crippen LogP contribution in [-0.2, 0) is 39.7 Å². The first-order valence-corrected chi connectivity index (χ1v) is 21.1. The number of aromatic nitrogens is 1. The molecule has 1 unspecified atom stereocenters. The van der Waals surface area contributed by atoms with Crippen molar-refractivity contribution in [2.45, 2.75) is 148 Å². The lowest BCUT2D eigenvalue weighted by Gasteiger charge is -2.48. The van der Waals surface area contributed by atoms with Gasteiger partial charge in [0.15, 0.2) is 17.7 Å². The number of aromatic amines is 1. The maximum Gasteiger partial charge on any atom is 0.425 e. The van der Waals surface area contributed by atoms with Gasteiger partial charge in [0.05, 0.1) is 23.9 Å². The standard InChI is InChI=1S/C44H69N5O9/c1-12-34-44(8)38(49(42(53)58-44)46-22-16-19-31-20-21-32(47-31)30-17-14-13-15-18-30)27(4)35(45)25(2)24-43(7,54-11)39(28(5)36(50)29(6)40(52)56-34)57-41-37(51)33(48(9)10)23-26(3)55-41/h13-15,17-18,20-21,25-29,33-35,37-39,41,46-47,51H,12,16,19,22-24,45H2,1-11H3/t25-,26-,27-,28+,29-,33+,34+,35?,37-,38-,39-,41+,43+,44-/m1/s1. The average molecular weight is 812 g/mol. The number of H-pyrrole nitrogens is 1. The van der Waals surface area contributed by atoms with Gasteiger partial charge in [-0.2, -0.15) is 0 Å². The highest BCUT2D eigenvalue weighted by molar-refractivity contribution is 6.00. The van der Waals surface area contributed by atoms with Gasteiger partial charge >= 0.3 is 12.1 Å². The number of amides is 1. The van der Waals surface area contributed by atoms with Crippen molar-refractivity contribution in [1.29, 1.82) is 0 Å². The molecule has 2 aromatic rings. The zero-order chi connectivity index (χ0) is 42.7. The third-order valence-electron chi connectivity index (χ3n) is 13.2. The van der Waals surface area contributed by atoms with E-state index in [0.717, 1.165) is 23.4 Å². The number of ketones is 1. The number of cyclic esters (lactones) is 1. The van der Waals surface area contributed by atoms with Gasteiger partial charge in [-0.1, -0.05) is 58.0 Å². The molecular weight excluding hydrogens is 743 g/mol. The Morgan fingerprint density at radius 1 is 1.05 bits per heavy atom. The van der Waals surface area contributed by atoms with Crippen LogP contribution in [0.1, 0.15) is 86.8 Å². The Morgan fingerprint density at radius 2 is 1.74 bits per heavy atom. The SMILES string of the molecule is CC[C@@H]1OC(=O)[C@H](C)C(=O)[C@H](C)[C@@H](O[C@@H]2O[C@H](C)C[C@H](N(C)C)[C@H]2O)[C@@](C)(OC)C[C@@H](C)C(N)[C@@H](C)[C@H]2N(NCCCc3ccc(-c4ccccc4)[nH]3)C(=O)O[C@]12C. The highest BCUT2D eigenvalue weighted by Crippen LogP contribution is 2.43. The number of carbonyl (C=O) groups is 3. The number of benzene rings is 1. The van der Waals surface area contributed by atoms with Crippen LogP contribution in [0.15, 0.2) is 42.5 Å². The van der Waals surface area contributed by atoms with Gasteiger partial charge in [-0.05, 0) is 103 Å². The predicted molar refractivity (Wildman–Crippen MR) is 220 cm³/mol. The number of hydrogen-bond donors (Lipinski definition) is 4. The van der Waals surface area contributed by atoms with Crippen molar-refractivity contribution in [2.24, 2.45) is 29.4 Å². The zero-order valence-electron chi connectivity index (χ0n) is 36.4. The Labute approximate surface area is 344 Å². The molecule has 0 spiro atoms. The second-order valence-electron chi connectivity index (χ2n) is 17.7. The third-order valence-corrected chi connectivity index (χ3v) is 13.2. The molecule has 3 saturated heterocycles. The molecule has 14 heteroatoms. The topological polar surface area (TPSA) is 178 Å². The number of carbonyl (C=O) groups excluding carboxylic acids is 3. The van der Waals surface area contributed by atoms with Crippen molar-refractivity contribution in [3.05, 3.63) is 48.2 Å². The molecule has 1 aromatic carbocycles. The molecule has 58 heavy (non-hydrogen) atoms. The van der Waals surface area contributed by atoms with E-state index in [1.54, 1.807) is 21.0 Å². The molecule has 324 valence electrons. The van der Waals surface area contributed by atoms with Crippen molar-refractivity contribution in [1.82, 2.24) is 20.3 Å². The van der Waals surface area contributed by atoms with E-state index < -0.39 is 77.6 Å². The molecule has 0 bridgehead atoms. The van der Waals surface area contributed by atoms with E-state index >= 15 is 0 Å². The molecule has 3 fully saturated rings. The fourth-order valence-corrected chi connectivity index (χ4v) is 9.61. The number of likely N-dealkylation sites (N-methyl/N-ethyl adjacent to an activating group) is 1. The number of Topliss-reactive ketones (excluding diaryl/α,β-unsaturated/α-hetero) is 1. The Hall–Kier alpha value is -3.37. The van der Waals surface area contributed by atoms with Gasteiger partial charge < -0.3 is 44.4 Å². The fourth-order valence-electron chi connectivity index (χ4n) is 9.61. The highest BCUT2D eigenvalue weighted by atomic mass is 16.7. The maximum atomic E-state index is 14.3. The zero-order valence-corrected chi connectivity index (χ0v) is 36.4. The molecule has 0 saturated carbocycles. The third kappa shape index (κ3) is 9.48. The Morgan fingerprint density at radius 3 is 2.38 bits per heavy atom. The fraction of sp³-hybridized carbons (Fsp3) is 0.705. The quantitative estimate of drug-likeness (QED) is 0.135. The van der Waals surface area contributed by atoms with Crippen LogP contribution in [0.5, 0.6) is 0 Å². The van der Waals surface area contributed by atoms with Gasteiger partial charge in [0.1, 0.15) is 18.1 Å². The van der Waals surface area contributed by atoms with E-state index in [9.17, 15) is 19.5 Å². The van der Waals surface area contributed by atoms with Crippen LogP contribution in [-0.4, -0.2) is 126 Å².